The summed E-state index contributed by atoms with van der Waals surface area (Å²) in [4.78, 5) is 23.3. The molecule has 0 heterocycles. The first-order valence-electron chi connectivity index (χ1n) is 10.4. The van der Waals surface area contributed by atoms with E-state index in [-0.39, 0.29) is 29.6 Å². The molecular weight excluding hydrogens is 447 g/mol. The first-order valence-corrected chi connectivity index (χ1v) is 11.9. The van der Waals surface area contributed by atoms with Crippen LogP contribution in [0.15, 0.2) is 73.8 Å². The van der Waals surface area contributed by atoms with E-state index in [1.807, 2.05) is 0 Å². The van der Waals surface area contributed by atoms with Crippen molar-refractivity contribution in [1.29, 1.82) is 0 Å². The van der Waals surface area contributed by atoms with Crippen molar-refractivity contribution in [2.75, 3.05) is 6.61 Å². The van der Waals surface area contributed by atoms with Crippen molar-refractivity contribution in [3.05, 3.63) is 73.8 Å². The predicted molar refractivity (Wildman–Crippen MR) is 124 cm³/mol. The maximum atomic E-state index is 13.6. The number of esters is 2. The molecule has 8 nitrogen and oxygen atoms in total. The number of phosphoric ester groups is 1. The van der Waals surface area contributed by atoms with E-state index in [4.69, 9.17) is 23.0 Å². The Morgan fingerprint density at radius 1 is 0.788 bits per heavy atom. The van der Waals surface area contributed by atoms with E-state index in [1.54, 1.807) is 24.3 Å². The average Bonchev–Trinajstić information content (AvgIpc) is 2.81. The molecular formula is C24H27O8P. The molecule has 0 aliphatic carbocycles. The quantitative estimate of drug-likeness (QED) is 0.108. The second-order valence-corrected chi connectivity index (χ2v) is 8.19. The smallest absolute Gasteiger partial charge is 0.419 e. The zero-order valence-corrected chi connectivity index (χ0v) is 19.3. The van der Waals surface area contributed by atoms with Gasteiger partial charge in [-0.05, 0) is 30.7 Å². The number of benzene rings is 2. The number of phosphoric acid groups is 1. The third-order valence-corrected chi connectivity index (χ3v) is 5.46. The van der Waals surface area contributed by atoms with E-state index in [1.165, 1.54) is 24.3 Å². The van der Waals surface area contributed by atoms with Crippen molar-refractivity contribution in [3.8, 4) is 23.0 Å². The Morgan fingerprint density at radius 3 is 1.67 bits per heavy atom. The Hall–Kier alpha value is -3.35. The zero-order valence-electron chi connectivity index (χ0n) is 18.4. The topological polar surface area (TPSA) is 97.4 Å². The Kier molecular flexibility index (Phi) is 10.4. The van der Waals surface area contributed by atoms with Gasteiger partial charge in [-0.25, -0.2) is 14.2 Å². The van der Waals surface area contributed by atoms with E-state index in [0.717, 1.165) is 31.4 Å². The lowest BCUT2D eigenvalue weighted by molar-refractivity contribution is -0.129. The molecule has 0 saturated carbocycles. The maximum absolute atomic E-state index is 13.6. The lowest BCUT2D eigenvalue weighted by atomic mass is 10.2. The molecule has 2 aromatic rings. The fraction of sp³-hybridized carbons (Fsp3) is 0.250. The van der Waals surface area contributed by atoms with Gasteiger partial charge in [-0.2, -0.15) is 0 Å². The van der Waals surface area contributed by atoms with Crippen LogP contribution in [0.3, 0.4) is 0 Å². The van der Waals surface area contributed by atoms with Crippen LogP contribution in [0.1, 0.15) is 32.6 Å². The molecule has 9 heteroatoms. The van der Waals surface area contributed by atoms with Gasteiger partial charge in [0.1, 0.15) is 0 Å². The normalized spacial score (nSPS) is 10.7. The molecule has 0 saturated heterocycles. The monoisotopic (exact) mass is 474 g/mol. The molecule has 0 spiro atoms. The van der Waals surface area contributed by atoms with E-state index < -0.39 is 19.8 Å². The van der Waals surface area contributed by atoms with Gasteiger partial charge >= 0.3 is 19.8 Å². The molecule has 0 radical (unpaired) electrons. The summed E-state index contributed by atoms with van der Waals surface area (Å²) in [6, 6.07) is 12.2. The summed E-state index contributed by atoms with van der Waals surface area (Å²) < 4.78 is 40.7. The molecule has 33 heavy (non-hydrogen) atoms. The number of hydrogen-bond acceptors (Lipinski definition) is 8. The van der Waals surface area contributed by atoms with Crippen LogP contribution in [-0.2, 0) is 18.7 Å². The highest BCUT2D eigenvalue weighted by Gasteiger charge is 2.33. The van der Waals surface area contributed by atoms with Crippen LogP contribution in [-0.4, -0.2) is 18.5 Å². The Morgan fingerprint density at radius 2 is 1.24 bits per heavy atom. The minimum absolute atomic E-state index is 0.00665. The largest absolute Gasteiger partial charge is 0.587 e. The highest BCUT2D eigenvalue weighted by Crippen LogP contribution is 2.53. The van der Waals surface area contributed by atoms with Gasteiger partial charge in [0.15, 0.2) is 23.0 Å². The SMILES string of the molecule is C=CC(=O)Oc1ccccc1OP(=O)(OCCCCCC)Oc1ccccc1OC(=O)C=C. The minimum atomic E-state index is -4.30. The lowest BCUT2D eigenvalue weighted by Crippen LogP contribution is -2.10. The Labute approximate surface area is 193 Å². The van der Waals surface area contributed by atoms with Crippen molar-refractivity contribution in [1.82, 2.24) is 0 Å². The van der Waals surface area contributed by atoms with E-state index in [2.05, 4.69) is 20.1 Å². The molecule has 2 rings (SSSR count). The molecule has 2 aromatic carbocycles. The molecule has 0 aliphatic heterocycles. The summed E-state index contributed by atoms with van der Waals surface area (Å²) in [5, 5.41) is 0. The highest BCUT2D eigenvalue weighted by molar-refractivity contribution is 7.49. The van der Waals surface area contributed by atoms with Gasteiger partial charge in [0.05, 0.1) is 6.61 Å². The standard InChI is InChI=1S/C24H27O8P/c1-4-7-8-13-18-28-33(27,31-21-16-11-9-14-19(21)29-23(25)5-2)32-22-17-12-10-15-20(22)30-24(26)6-3/h5-6,9-12,14-17H,2-4,7-8,13,18H2,1H3. The second-order valence-electron chi connectivity index (χ2n) is 6.67. The van der Waals surface area contributed by atoms with Crippen LogP contribution >= 0.6 is 7.82 Å². The number of carbonyl (C=O) groups is 2. The molecule has 0 aromatic heterocycles. The lowest BCUT2D eigenvalue weighted by Gasteiger charge is -2.21. The third-order valence-electron chi connectivity index (χ3n) is 4.12. The zero-order chi connectivity index (χ0) is 24.1. The van der Waals surface area contributed by atoms with Crippen molar-refractivity contribution in [2.24, 2.45) is 0 Å². The molecule has 0 aliphatic rings. The first kappa shape index (κ1) is 25.9. The molecule has 0 atom stereocenters. The number of ether oxygens (including phenoxy) is 2. The van der Waals surface area contributed by atoms with Crippen molar-refractivity contribution < 1.29 is 37.2 Å². The van der Waals surface area contributed by atoms with Crippen molar-refractivity contribution in [2.45, 2.75) is 32.6 Å². The van der Waals surface area contributed by atoms with Crippen molar-refractivity contribution >= 4 is 19.8 Å². The van der Waals surface area contributed by atoms with Crippen molar-refractivity contribution in [3.63, 3.8) is 0 Å². The highest BCUT2D eigenvalue weighted by atomic mass is 31.2. The minimum Gasteiger partial charge on any atom is -0.419 e. The van der Waals surface area contributed by atoms with E-state index in [0.29, 0.717) is 6.42 Å². The summed E-state index contributed by atoms with van der Waals surface area (Å²) in [6.45, 7) is 8.88. The number of rotatable bonds is 14. The van der Waals surface area contributed by atoms with E-state index >= 15 is 0 Å². The third kappa shape index (κ3) is 8.60. The van der Waals surface area contributed by atoms with Gasteiger partial charge in [-0.15, -0.1) is 0 Å². The van der Waals surface area contributed by atoms with Crippen LogP contribution in [0.5, 0.6) is 23.0 Å². The fourth-order valence-electron chi connectivity index (χ4n) is 2.54. The molecule has 0 amide bonds. The molecule has 0 bridgehead atoms. The Balaban J connectivity index is 2.32. The van der Waals surface area contributed by atoms with Gasteiger partial charge in [-0.1, -0.05) is 63.6 Å². The van der Waals surface area contributed by atoms with Crippen LogP contribution in [0.4, 0.5) is 0 Å². The summed E-state index contributed by atoms with van der Waals surface area (Å²) in [7, 11) is -4.30. The van der Waals surface area contributed by atoms with Crippen LogP contribution in [0, 0.1) is 0 Å². The number of unbranched alkanes of at least 4 members (excludes halogenated alkanes) is 3. The van der Waals surface area contributed by atoms with Crippen LogP contribution < -0.4 is 18.5 Å². The fourth-order valence-corrected chi connectivity index (χ4v) is 3.82. The molecule has 0 fully saturated rings. The van der Waals surface area contributed by atoms with Gasteiger partial charge in [-0.3, -0.25) is 4.52 Å². The number of carbonyl (C=O) groups excluding carboxylic acids is 2. The number of para-hydroxylation sites is 4. The summed E-state index contributed by atoms with van der Waals surface area (Å²) in [5.74, 6) is -1.50. The summed E-state index contributed by atoms with van der Waals surface area (Å²) in [6.07, 6.45) is 5.50. The average molecular weight is 474 g/mol. The molecule has 0 unspecified atom stereocenters. The maximum Gasteiger partial charge on any atom is 0.587 e. The Bertz CT molecular complexity index is 946. The van der Waals surface area contributed by atoms with Gasteiger partial charge in [0.2, 0.25) is 0 Å². The molecule has 0 N–H and O–H groups in total. The number of hydrogen-bond donors (Lipinski definition) is 0. The molecule has 176 valence electrons. The summed E-state index contributed by atoms with van der Waals surface area (Å²) >= 11 is 0. The van der Waals surface area contributed by atoms with Gasteiger partial charge < -0.3 is 18.5 Å². The van der Waals surface area contributed by atoms with Gasteiger partial charge in [0, 0.05) is 12.2 Å². The predicted octanol–water partition coefficient (Wildman–Crippen LogP) is 6.03. The first-order chi connectivity index (χ1) is 15.9. The van der Waals surface area contributed by atoms with E-state index in [9.17, 15) is 14.2 Å². The van der Waals surface area contributed by atoms with Gasteiger partial charge in [0.25, 0.3) is 0 Å². The van der Waals surface area contributed by atoms with Crippen LogP contribution in [0.2, 0.25) is 0 Å². The second kappa shape index (κ2) is 13.3. The summed E-state index contributed by atoms with van der Waals surface area (Å²) in [5.41, 5.74) is 0. The van der Waals surface area contributed by atoms with Crippen LogP contribution in [0.25, 0.3) is 0 Å².